The number of nitrogens with zero attached hydrogens (tertiary/aromatic N) is 1. The number of benzene rings is 2. The van der Waals surface area contributed by atoms with E-state index >= 15 is 0 Å². The first-order chi connectivity index (χ1) is 14.7. The average Bonchev–Trinajstić information content (AvgIpc) is 3.16. The second-order valence-electron chi connectivity index (χ2n) is 7.63. The number of unbranched alkanes of at least 4 members (excludes halogenated alkanes) is 1. The number of nitrogens with one attached hydrogen (secondary N) is 2. The molecular formula is C24H29N3O3. The SMILES string of the molecule is CCCCNC(=O)N1CCc2c([nH]c3ccc(OC)cc23)[C@@H]1c1ccc(OC)cc1. The van der Waals surface area contributed by atoms with Crippen LogP contribution in [0.3, 0.4) is 0 Å². The second-order valence-corrected chi connectivity index (χ2v) is 7.63. The Balaban J connectivity index is 1.77. The van der Waals surface area contributed by atoms with Crippen LogP contribution in [0.4, 0.5) is 4.79 Å². The van der Waals surface area contributed by atoms with Gasteiger partial charge < -0.3 is 24.7 Å². The molecule has 6 nitrogen and oxygen atoms in total. The Morgan fingerprint density at radius 2 is 1.87 bits per heavy atom. The summed E-state index contributed by atoms with van der Waals surface area (Å²) in [5.41, 5.74) is 4.44. The number of hydrogen-bond donors (Lipinski definition) is 2. The van der Waals surface area contributed by atoms with Gasteiger partial charge in [-0.05, 0) is 54.3 Å². The molecule has 1 aliphatic heterocycles. The first kappa shape index (κ1) is 20.1. The minimum absolute atomic E-state index is 0.0221. The Bertz CT molecular complexity index is 1030. The third-order valence-electron chi connectivity index (χ3n) is 5.83. The van der Waals surface area contributed by atoms with Gasteiger partial charge in [0.05, 0.1) is 20.3 Å². The molecule has 0 spiro atoms. The van der Waals surface area contributed by atoms with Gasteiger partial charge >= 0.3 is 6.03 Å². The second kappa shape index (κ2) is 8.69. The van der Waals surface area contributed by atoms with Crippen molar-refractivity contribution < 1.29 is 14.3 Å². The molecule has 0 saturated heterocycles. The van der Waals surface area contributed by atoms with Crippen LogP contribution in [0, 0.1) is 0 Å². The van der Waals surface area contributed by atoms with Crippen molar-refractivity contribution in [3.05, 3.63) is 59.3 Å². The van der Waals surface area contributed by atoms with Gasteiger partial charge in [0.15, 0.2) is 0 Å². The molecule has 2 N–H and O–H groups in total. The molecule has 30 heavy (non-hydrogen) atoms. The number of H-pyrrole nitrogens is 1. The van der Waals surface area contributed by atoms with E-state index < -0.39 is 0 Å². The smallest absolute Gasteiger partial charge is 0.318 e. The number of aromatic nitrogens is 1. The summed E-state index contributed by atoms with van der Waals surface area (Å²) in [4.78, 5) is 18.6. The van der Waals surface area contributed by atoms with Gasteiger partial charge in [0.2, 0.25) is 0 Å². The van der Waals surface area contributed by atoms with Crippen molar-refractivity contribution in [2.75, 3.05) is 27.3 Å². The molecule has 2 aromatic carbocycles. The van der Waals surface area contributed by atoms with Crippen molar-refractivity contribution in [3.63, 3.8) is 0 Å². The summed E-state index contributed by atoms with van der Waals surface area (Å²) in [5.74, 6) is 1.64. The molecule has 4 rings (SSSR count). The summed E-state index contributed by atoms with van der Waals surface area (Å²) in [5, 5.41) is 4.25. The molecule has 0 unspecified atom stereocenters. The van der Waals surface area contributed by atoms with E-state index in [0.29, 0.717) is 13.1 Å². The molecule has 6 heteroatoms. The van der Waals surface area contributed by atoms with Gasteiger partial charge in [0.1, 0.15) is 11.5 Å². The van der Waals surface area contributed by atoms with Crippen LogP contribution in [-0.2, 0) is 6.42 Å². The van der Waals surface area contributed by atoms with Crippen LogP contribution in [0.5, 0.6) is 11.5 Å². The Labute approximate surface area is 177 Å². The number of carbonyl (C=O) groups excluding carboxylic acids is 1. The fourth-order valence-electron chi connectivity index (χ4n) is 4.22. The van der Waals surface area contributed by atoms with Gasteiger partial charge in [0, 0.05) is 29.7 Å². The lowest BCUT2D eigenvalue weighted by molar-refractivity contribution is 0.179. The third-order valence-corrected chi connectivity index (χ3v) is 5.83. The third kappa shape index (κ3) is 3.70. The highest BCUT2D eigenvalue weighted by atomic mass is 16.5. The molecule has 2 heterocycles. The topological polar surface area (TPSA) is 66.6 Å². The first-order valence-electron chi connectivity index (χ1n) is 10.5. The highest BCUT2D eigenvalue weighted by molar-refractivity contribution is 5.87. The number of rotatable bonds is 6. The predicted octanol–water partition coefficient (Wildman–Crippen LogP) is 4.64. The Morgan fingerprint density at radius 1 is 1.13 bits per heavy atom. The van der Waals surface area contributed by atoms with Crippen LogP contribution in [0.25, 0.3) is 10.9 Å². The zero-order valence-electron chi connectivity index (χ0n) is 17.8. The fraction of sp³-hybridized carbons (Fsp3) is 0.375. The van der Waals surface area contributed by atoms with E-state index in [2.05, 4.69) is 23.3 Å². The fourth-order valence-corrected chi connectivity index (χ4v) is 4.22. The maximum atomic E-state index is 13.1. The van der Waals surface area contributed by atoms with Gasteiger partial charge in [-0.3, -0.25) is 0 Å². The molecule has 1 aromatic heterocycles. The Hall–Kier alpha value is -3.15. The van der Waals surface area contributed by atoms with Crippen LogP contribution in [0.1, 0.15) is 42.6 Å². The summed E-state index contributed by atoms with van der Waals surface area (Å²) < 4.78 is 10.8. The van der Waals surface area contributed by atoms with Crippen molar-refractivity contribution in [3.8, 4) is 11.5 Å². The maximum absolute atomic E-state index is 13.1. The lowest BCUT2D eigenvalue weighted by atomic mass is 9.92. The summed E-state index contributed by atoms with van der Waals surface area (Å²) in [7, 11) is 3.34. The Morgan fingerprint density at radius 3 is 2.57 bits per heavy atom. The zero-order valence-corrected chi connectivity index (χ0v) is 17.8. The van der Waals surface area contributed by atoms with E-state index in [1.165, 1.54) is 5.56 Å². The van der Waals surface area contributed by atoms with Gasteiger partial charge in [-0.2, -0.15) is 0 Å². The van der Waals surface area contributed by atoms with Crippen molar-refractivity contribution in [2.24, 2.45) is 0 Å². The summed E-state index contributed by atoms with van der Waals surface area (Å²) in [6.45, 7) is 3.47. The zero-order chi connectivity index (χ0) is 21.1. The molecule has 3 aromatic rings. The van der Waals surface area contributed by atoms with Gasteiger partial charge in [-0.1, -0.05) is 25.5 Å². The molecule has 0 fully saturated rings. The lowest BCUT2D eigenvalue weighted by Crippen LogP contribution is -2.46. The van der Waals surface area contributed by atoms with Crippen molar-refractivity contribution >= 4 is 16.9 Å². The normalized spacial score (nSPS) is 15.7. The molecular weight excluding hydrogens is 378 g/mol. The van der Waals surface area contributed by atoms with E-state index in [1.54, 1.807) is 14.2 Å². The predicted molar refractivity (Wildman–Crippen MR) is 118 cm³/mol. The minimum Gasteiger partial charge on any atom is -0.497 e. The number of ether oxygens (including phenoxy) is 2. The van der Waals surface area contributed by atoms with E-state index in [4.69, 9.17) is 9.47 Å². The number of carbonyl (C=O) groups is 1. The quantitative estimate of drug-likeness (QED) is 0.585. The number of aromatic amines is 1. The molecule has 1 aliphatic rings. The largest absolute Gasteiger partial charge is 0.497 e. The standard InChI is InChI=1S/C24H29N3O3/c1-4-5-13-25-24(28)27-14-12-19-20-15-18(30-3)10-11-21(20)26-22(19)23(27)16-6-8-17(29-2)9-7-16/h6-11,15,23,26H,4-5,12-14H2,1-3H3,(H,25,28)/t23-/m0/s1. The monoisotopic (exact) mass is 407 g/mol. The summed E-state index contributed by atoms with van der Waals surface area (Å²) in [6.07, 6.45) is 2.83. The highest BCUT2D eigenvalue weighted by Crippen LogP contribution is 2.39. The molecule has 0 bridgehead atoms. The molecule has 0 aliphatic carbocycles. The van der Waals surface area contributed by atoms with E-state index in [-0.39, 0.29) is 12.1 Å². The highest BCUT2D eigenvalue weighted by Gasteiger charge is 2.34. The summed E-state index contributed by atoms with van der Waals surface area (Å²) in [6, 6.07) is 13.8. The van der Waals surface area contributed by atoms with Crippen LogP contribution >= 0.6 is 0 Å². The number of fused-ring (bicyclic) bond motifs is 3. The van der Waals surface area contributed by atoms with E-state index in [9.17, 15) is 4.79 Å². The van der Waals surface area contributed by atoms with E-state index in [0.717, 1.165) is 52.9 Å². The first-order valence-corrected chi connectivity index (χ1v) is 10.5. The lowest BCUT2D eigenvalue weighted by Gasteiger charge is -2.36. The van der Waals surface area contributed by atoms with Gasteiger partial charge in [0.25, 0.3) is 0 Å². The molecule has 0 saturated carbocycles. The van der Waals surface area contributed by atoms with Crippen LogP contribution in [0.2, 0.25) is 0 Å². The van der Waals surface area contributed by atoms with Gasteiger partial charge in [-0.15, -0.1) is 0 Å². The van der Waals surface area contributed by atoms with Crippen LogP contribution in [-0.4, -0.2) is 43.2 Å². The van der Waals surface area contributed by atoms with Gasteiger partial charge in [-0.25, -0.2) is 4.79 Å². The maximum Gasteiger partial charge on any atom is 0.318 e. The van der Waals surface area contributed by atoms with E-state index in [1.807, 2.05) is 41.3 Å². The number of amides is 2. The molecule has 158 valence electrons. The number of urea groups is 1. The number of methoxy groups -OCH3 is 2. The van der Waals surface area contributed by atoms with Crippen molar-refractivity contribution in [2.45, 2.75) is 32.2 Å². The van der Waals surface area contributed by atoms with Crippen molar-refractivity contribution in [1.82, 2.24) is 15.2 Å². The molecule has 2 amide bonds. The Kier molecular flexibility index (Phi) is 5.84. The molecule has 1 atom stereocenters. The minimum atomic E-state index is -0.181. The number of hydrogen-bond acceptors (Lipinski definition) is 3. The summed E-state index contributed by atoms with van der Waals surface area (Å²) >= 11 is 0. The van der Waals surface area contributed by atoms with Crippen LogP contribution < -0.4 is 14.8 Å². The average molecular weight is 408 g/mol. The van der Waals surface area contributed by atoms with Crippen molar-refractivity contribution in [1.29, 1.82) is 0 Å². The molecule has 0 radical (unpaired) electrons. The van der Waals surface area contributed by atoms with Crippen LogP contribution in [0.15, 0.2) is 42.5 Å².